The van der Waals surface area contributed by atoms with Gasteiger partial charge in [-0.25, -0.2) is 4.79 Å². The molecule has 9 nitrogen and oxygen atoms in total. The van der Waals surface area contributed by atoms with Crippen molar-refractivity contribution in [2.45, 2.75) is 19.8 Å². The van der Waals surface area contributed by atoms with E-state index in [0.717, 1.165) is 0 Å². The minimum Gasteiger partial charge on any atom is -0.493 e. The summed E-state index contributed by atoms with van der Waals surface area (Å²) < 4.78 is 25.9. The summed E-state index contributed by atoms with van der Waals surface area (Å²) in [4.78, 5) is 35.1. The summed E-state index contributed by atoms with van der Waals surface area (Å²) in [5.41, 5.74) is 0.186. The lowest BCUT2D eigenvalue weighted by Crippen LogP contribution is -2.30. The first-order valence-electron chi connectivity index (χ1n) is 8.62. The second kappa shape index (κ2) is 10.2. The molecule has 0 aromatic heterocycles. The van der Waals surface area contributed by atoms with Crippen molar-refractivity contribution in [1.29, 1.82) is 0 Å². The fourth-order valence-electron chi connectivity index (χ4n) is 2.35. The number of ether oxygens (including phenoxy) is 5. The van der Waals surface area contributed by atoms with Crippen molar-refractivity contribution in [2.24, 2.45) is 0 Å². The summed E-state index contributed by atoms with van der Waals surface area (Å²) in [6.07, 6.45) is 0.656. The molecule has 2 rings (SSSR count). The molecule has 1 aromatic carbocycles. The monoisotopic (exact) mass is 381 g/mol. The Labute approximate surface area is 156 Å². The van der Waals surface area contributed by atoms with Gasteiger partial charge < -0.3 is 29.0 Å². The number of carbonyl (C=O) groups excluding carboxylic acids is 3. The van der Waals surface area contributed by atoms with Gasteiger partial charge in [0, 0.05) is 13.0 Å². The molecule has 27 heavy (non-hydrogen) atoms. The minimum absolute atomic E-state index is 0.186. The van der Waals surface area contributed by atoms with E-state index in [1.165, 1.54) is 19.2 Å². The number of fused-ring (bicyclic) bond motifs is 1. The fourth-order valence-corrected chi connectivity index (χ4v) is 2.35. The largest absolute Gasteiger partial charge is 0.493 e. The minimum atomic E-state index is -0.688. The molecule has 1 heterocycles. The van der Waals surface area contributed by atoms with Crippen molar-refractivity contribution in [3.63, 3.8) is 0 Å². The maximum Gasteiger partial charge on any atom is 0.338 e. The zero-order valence-corrected chi connectivity index (χ0v) is 15.4. The van der Waals surface area contributed by atoms with Gasteiger partial charge in [0.05, 0.1) is 19.3 Å². The zero-order chi connectivity index (χ0) is 19.6. The molecule has 9 heteroatoms. The Kier molecular flexibility index (Phi) is 7.72. The van der Waals surface area contributed by atoms with Crippen LogP contribution in [0.25, 0.3) is 0 Å². The lowest BCUT2D eigenvalue weighted by molar-refractivity contribution is -0.143. The fraction of sp³-hybridized carbons (Fsp3) is 0.500. The molecule has 0 unspecified atom stereocenters. The standard InChI is InChI=1S/C18H23NO8/c1-3-24-16(21)5-4-6-19-15(20)11-27-18(22)12-9-13(23-2)17-14(10-12)25-7-8-26-17/h9-10H,3-8,11H2,1-2H3,(H,19,20). The number of rotatable bonds is 9. The van der Waals surface area contributed by atoms with Gasteiger partial charge in [-0.2, -0.15) is 0 Å². The summed E-state index contributed by atoms with van der Waals surface area (Å²) in [7, 11) is 1.45. The van der Waals surface area contributed by atoms with E-state index in [9.17, 15) is 14.4 Å². The highest BCUT2D eigenvalue weighted by atomic mass is 16.6. The average Bonchev–Trinajstić information content (AvgIpc) is 2.68. The number of carbonyl (C=O) groups is 3. The highest BCUT2D eigenvalue weighted by Gasteiger charge is 2.22. The number of esters is 2. The average molecular weight is 381 g/mol. The number of benzene rings is 1. The van der Waals surface area contributed by atoms with Crippen molar-refractivity contribution in [1.82, 2.24) is 5.32 Å². The van der Waals surface area contributed by atoms with Crippen molar-refractivity contribution in [2.75, 3.05) is 40.1 Å². The van der Waals surface area contributed by atoms with Crippen LogP contribution < -0.4 is 19.5 Å². The van der Waals surface area contributed by atoms with Crippen molar-refractivity contribution >= 4 is 17.8 Å². The van der Waals surface area contributed by atoms with E-state index in [-0.39, 0.29) is 24.5 Å². The van der Waals surface area contributed by atoms with Crippen molar-refractivity contribution in [3.05, 3.63) is 17.7 Å². The predicted octanol–water partition coefficient (Wildman–Crippen LogP) is 1.08. The maximum absolute atomic E-state index is 12.2. The second-order valence-corrected chi connectivity index (χ2v) is 5.54. The molecule has 0 bridgehead atoms. The van der Waals surface area contributed by atoms with Gasteiger partial charge in [0.2, 0.25) is 5.75 Å². The molecular weight excluding hydrogens is 358 g/mol. The molecule has 0 fully saturated rings. The molecule has 0 saturated carbocycles. The Bertz CT molecular complexity index is 671. The summed E-state index contributed by atoms with van der Waals surface area (Å²) in [5, 5.41) is 2.57. The molecule has 1 aromatic rings. The van der Waals surface area contributed by atoms with Crippen LogP contribution >= 0.6 is 0 Å². The van der Waals surface area contributed by atoms with Gasteiger partial charge in [0.15, 0.2) is 18.1 Å². The van der Waals surface area contributed by atoms with E-state index in [2.05, 4.69) is 5.32 Å². The second-order valence-electron chi connectivity index (χ2n) is 5.54. The van der Waals surface area contributed by atoms with Gasteiger partial charge in [0.1, 0.15) is 13.2 Å². The molecule has 148 valence electrons. The van der Waals surface area contributed by atoms with E-state index in [1.54, 1.807) is 6.92 Å². The SMILES string of the molecule is CCOC(=O)CCCNC(=O)COC(=O)c1cc(OC)c2c(c1)OCCO2. The van der Waals surface area contributed by atoms with E-state index in [0.29, 0.717) is 43.5 Å². The molecule has 0 spiro atoms. The Morgan fingerprint density at radius 3 is 2.67 bits per heavy atom. The van der Waals surface area contributed by atoms with Crippen LogP contribution in [0, 0.1) is 0 Å². The maximum atomic E-state index is 12.2. The van der Waals surface area contributed by atoms with Gasteiger partial charge in [-0.1, -0.05) is 0 Å². The molecule has 0 radical (unpaired) electrons. The molecule has 1 aliphatic rings. The van der Waals surface area contributed by atoms with Crippen molar-refractivity contribution < 1.29 is 38.1 Å². The molecule has 1 aliphatic heterocycles. The Morgan fingerprint density at radius 2 is 1.93 bits per heavy atom. The number of hydrogen-bond donors (Lipinski definition) is 1. The summed E-state index contributed by atoms with van der Waals surface area (Å²) in [6.45, 7) is 2.66. The number of amides is 1. The van der Waals surface area contributed by atoms with E-state index < -0.39 is 18.5 Å². The summed E-state index contributed by atoms with van der Waals surface area (Å²) in [5.74, 6) is -0.299. The van der Waals surface area contributed by atoms with Crippen LogP contribution in [0.15, 0.2) is 12.1 Å². The zero-order valence-electron chi connectivity index (χ0n) is 15.4. The summed E-state index contributed by atoms with van der Waals surface area (Å²) in [6, 6.07) is 2.95. The molecule has 0 saturated heterocycles. The topological polar surface area (TPSA) is 109 Å². The van der Waals surface area contributed by atoms with Crippen LogP contribution in [0.1, 0.15) is 30.1 Å². The lowest BCUT2D eigenvalue weighted by Gasteiger charge is -2.21. The van der Waals surface area contributed by atoms with Gasteiger partial charge in [-0.15, -0.1) is 0 Å². The van der Waals surface area contributed by atoms with E-state index in [1.807, 2.05) is 0 Å². The van der Waals surface area contributed by atoms with Gasteiger partial charge in [-0.05, 0) is 25.5 Å². The number of hydrogen-bond acceptors (Lipinski definition) is 8. The highest BCUT2D eigenvalue weighted by molar-refractivity contribution is 5.92. The van der Waals surface area contributed by atoms with Crippen LogP contribution in [-0.2, 0) is 19.1 Å². The van der Waals surface area contributed by atoms with Gasteiger partial charge >= 0.3 is 11.9 Å². The van der Waals surface area contributed by atoms with Gasteiger partial charge in [0.25, 0.3) is 5.91 Å². The normalized spacial score (nSPS) is 12.1. The third-order valence-electron chi connectivity index (χ3n) is 3.58. The molecular formula is C18H23NO8. The van der Waals surface area contributed by atoms with Crippen molar-refractivity contribution in [3.8, 4) is 17.2 Å². The number of nitrogens with one attached hydrogen (secondary N) is 1. The highest BCUT2D eigenvalue weighted by Crippen LogP contribution is 2.40. The third kappa shape index (κ3) is 6.05. The molecule has 0 aliphatic carbocycles. The number of methoxy groups -OCH3 is 1. The Morgan fingerprint density at radius 1 is 1.15 bits per heavy atom. The first-order chi connectivity index (χ1) is 13.0. The van der Waals surface area contributed by atoms with Crippen LogP contribution in [0.4, 0.5) is 0 Å². The van der Waals surface area contributed by atoms with E-state index >= 15 is 0 Å². The smallest absolute Gasteiger partial charge is 0.338 e. The van der Waals surface area contributed by atoms with Crippen LogP contribution in [0.3, 0.4) is 0 Å². The lowest BCUT2D eigenvalue weighted by atomic mass is 10.1. The van der Waals surface area contributed by atoms with Gasteiger partial charge in [-0.3, -0.25) is 9.59 Å². The first-order valence-corrected chi connectivity index (χ1v) is 8.62. The Hall–Kier alpha value is -2.97. The first kappa shape index (κ1) is 20.3. The van der Waals surface area contributed by atoms with Crippen LogP contribution in [-0.4, -0.2) is 57.9 Å². The molecule has 1 amide bonds. The van der Waals surface area contributed by atoms with Crippen LogP contribution in [0.2, 0.25) is 0 Å². The Balaban J connectivity index is 1.80. The van der Waals surface area contributed by atoms with Crippen LogP contribution in [0.5, 0.6) is 17.2 Å². The quantitative estimate of drug-likeness (QED) is 0.500. The molecule has 1 N–H and O–H groups in total. The third-order valence-corrected chi connectivity index (χ3v) is 3.58. The predicted molar refractivity (Wildman–Crippen MR) is 93.1 cm³/mol. The van der Waals surface area contributed by atoms with E-state index in [4.69, 9.17) is 23.7 Å². The summed E-state index contributed by atoms with van der Waals surface area (Å²) >= 11 is 0. The molecule has 0 atom stereocenters.